The Kier molecular flexibility index (Phi) is 2.79. The first-order chi connectivity index (χ1) is 6.09. The van der Waals surface area contributed by atoms with E-state index in [1.54, 1.807) is 6.92 Å². The second-order valence-electron chi connectivity index (χ2n) is 2.61. The Morgan fingerprint density at radius 1 is 1.54 bits per heavy atom. The van der Waals surface area contributed by atoms with E-state index in [9.17, 15) is 9.59 Å². The molecular weight excluding hydrogens is 174 g/mol. The number of carboxylic acids is 1. The maximum atomic E-state index is 11.1. The number of carbonyl (C=O) groups is 2. The number of aliphatic carboxylic acids is 1. The van der Waals surface area contributed by atoms with Crippen molar-refractivity contribution in [2.75, 3.05) is 0 Å². The molecule has 0 aliphatic heterocycles. The van der Waals surface area contributed by atoms with E-state index in [4.69, 9.17) is 9.52 Å². The quantitative estimate of drug-likeness (QED) is 0.705. The maximum absolute atomic E-state index is 11.1. The van der Waals surface area contributed by atoms with Crippen molar-refractivity contribution in [1.82, 2.24) is 4.98 Å². The SMILES string of the molecule is Cc1coc(C(=O)CCC(=O)O)n1. The number of aryl methyl sites for hydroxylation is 1. The third kappa shape index (κ3) is 2.70. The van der Waals surface area contributed by atoms with E-state index in [1.807, 2.05) is 0 Å². The molecule has 1 aromatic heterocycles. The lowest BCUT2D eigenvalue weighted by atomic mass is 10.2. The number of aromatic nitrogens is 1. The Morgan fingerprint density at radius 2 is 2.23 bits per heavy atom. The van der Waals surface area contributed by atoms with Crippen LogP contribution in [0.1, 0.15) is 29.2 Å². The smallest absolute Gasteiger partial charge is 0.303 e. The van der Waals surface area contributed by atoms with Gasteiger partial charge in [-0.25, -0.2) is 4.98 Å². The van der Waals surface area contributed by atoms with Gasteiger partial charge in [0.25, 0.3) is 5.89 Å². The highest BCUT2D eigenvalue weighted by Crippen LogP contribution is 2.05. The molecule has 0 aromatic carbocycles. The summed E-state index contributed by atoms with van der Waals surface area (Å²) in [5.41, 5.74) is 0.610. The molecule has 13 heavy (non-hydrogen) atoms. The van der Waals surface area contributed by atoms with Crippen LogP contribution in [0.2, 0.25) is 0 Å². The molecule has 5 nitrogen and oxygen atoms in total. The number of hydrogen-bond donors (Lipinski definition) is 1. The summed E-state index contributed by atoms with van der Waals surface area (Å²) in [6, 6.07) is 0. The third-order valence-corrected chi connectivity index (χ3v) is 1.42. The van der Waals surface area contributed by atoms with E-state index >= 15 is 0 Å². The number of carbonyl (C=O) groups excluding carboxylic acids is 1. The molecule has 0 bridgehead atoms. The molecule has 0 fully saturated rings. The van der Waals surface area contributed by atoms with Gasteiger partial charge in [0.1, 0.15) is 6.26 Å². The van der Waals surface area contributed by atoms with Gasteiger partial charge >= 0.3 is 5.97 Å². The molecule has 0 aliphatic carbocycles. The fourth-order valence-electron chi connectivity index (χ4n) is 0.809. The van der Waals surface area contributed by atoms with Crippen molar-refractivity contribution in [2.24, 2.45) is 0 Å². The average molecular weight is 183 g/mol. The van der Waals surface area contributed by atoms with Crippen LogP contribution in [0.15, 0.2) is 10.7 Å². The van der Waals surface area contributed by atoms with Crippen LogP contribution in [0.25, 0.3) is 0 Å². The van der Waals surface area contributed by atoms with Crippen LogP contribution in [0.3, 0.4) is 0 Å². The predicted octanol–water partition coefficient (Wildman–Crippen LogP) is 1.03. The zero-order valence-electron chi connectivity index (χ0n) is 7.11. The van der Waals surface area contributed by atoms with E-state index in [0.29, 0.717) is 5.69 Å². The van der Waals surface area contributed by atoms with Crippen LogP contribution < -0.4 is 0 Å². The summed E-state index contributed by atoms with van der Waals surface area (Å²) in [5.74, 6) is -1.40. The van der Waals surface area contributed by atoms with Gasteiger partial charge < -0.3 is 9.52 Å². The molecule has 1 rings (SSSR count). The zero-order valence-corrected chi connectivity index (χ0v) is 7.11. The molecule has 1 N–H and O–H groups in total. The molecule has 1 heterocycles. The number of Topliss-reactive ketones (excluding diaryl/α,β-unsaturated/α-hetero) is 1. The lowest BCUT2D eigenvalue weighted by Gasteiger charge is -1.91. The van der Waals surface area contributed by atoms with Crippen LogP contribution in [0, 0.1) is 6.92 Å². The van der Waals surface area contributed by atoms with Crippen molar-refractivity contribution in [1.29, 1.82) is 0 Å². The highest BCUT2D eigenvalue weighted by molar-refractivity contribution is 5.93. The summed E-state index contributed by atoms with van der Waals surface area (Å²) in [4.78, 5) is 25.1. The monoisotopic (exact) mass is 183 g/mol. The largest absolute Gasteiger partial charge is 0.481 e. The summed E-state index contributed by atoms with van der Waals surface area (Å²) < 4.78 is 4.80. The Bertz CT molecular complexity index is 329. The van der Waals surface area contributed by atoms with Crippen molar-refractivity contribution in [3.63, 3.8) is 0 Å². The normalized spacial score (nSPS) is 9.92. The molecular formula is C8H9NO4. The van der Waals surface area contributed by atoms with Gasteiger partial charge in [0.15, 0.2) is 0 Å². The minimum absolute atomic E-state index is 0.0150. The first kappa shape index (κ1) is 9.44. The first-order valence-corrected chi connectivity index (χ1v) is 3.76. The number of ketones is 1. The molecule has 0 spiro atoms. The van der Waals surface area contributed by atoms with Crippen molar-refractivity contribution < 1.29 is 19.1 Å². The zero-order chi connectivity index (χ0) is 9.84. The molecule has 0 radical (unpaired) electrons. The topological polar surface area (TPSA) is 80.4 Å². The molecule has 0 amide bonds. The molecule has 1 aromatic rings. The highest BCUT2D eigenvalue weighted by Gasteiger charge is 2.13. The summed E-state index contributed by atoms with van der Waals surface area (Å²) in [6.45, 7) is 1.69. The van der Waals surface area contributed by atoms with Crippen molar-refractivity contribution in [2.45, 2.75) is 19.8 Å². The minimum Gasteiger partial charge on any atom is -0.481 e. The van der Waals surface area contributed by atoms with E-state index < -0.39 is 5.97 Å². The molecule has 0 atom stereocenters. The lowest BCUT2D eigenvalue weighted by Crippen LogP contribution is -2.04. The van der Waals surface area contributed by atoms with Gasteiger partial charge in [-0.2, -0.15) is 0 Å². The Morgan fingerprint density at radius 3 is 2.69 bits per heavy atom. The van der Waals surface area contributed by atoms with Crippen LogP contribution in [-0.2, 0) is 4.79 Å². The first-order valence-electron chi connectivity index (χ1n) is 3.76. The van der Waals surface area contributed by atoms with Crippen LogP contribution in [0.4, 0.5) is 0 Å². The second kappa shape index (κ2) is 3.84. The van der Waals surface area contributed by atoms with Gasteiger partial charge in [-0.3, -0.25) is 9.59 Å². The predicted molar refractivity (Wildman–Crippen MR) is 42.4 cm³/mol. The summed E-state index contributed by atoms with van der Waals surface area (Å²) in [6.07, 6.45) is 1.09. The number of hydrogen-bond acceptors (Lipinski definition) is 4. The Balaban J connectivity index is 2.54. The summed E-state index contributed by atoms with van der Waals surface area (Å²) in [5, 5.41) is 8.31. The number of oxazole rings is 1. The highest BCUT2D eigenvalue weighted by atomic mass is 16.4. The molecule has 0 saturated carbocycles. The summed E-state index contributed by atoms with van der Waals surface area (Å²) in [7, 11) is 0. The van der Waals surface area contributed by atoms with E-state index in [2.05, 4.69) is 4.98 Å². The van der Waals surface area contributed by atoms with Gasteiger partial charge in [-0.05, 0) is 6.92 Å². The molecule has 0 aliphatic rings. The maximum Gasteiger partial charge on any atom is 0.303 e. The van der Waals surface area contributed by atoms with Crippen LogP contribution in [0.5, 0.6) is 0 Å². The Hall–Kier alpha value is -1.65. The Labute approximate surface area is 74.4 Å². The summed E-state index contributed by atoms with van der Waals surface area (Å²) >= 11 is 0. The number of carboxylic acid groups (broad SMARTS) is 1. The van der Waals surface area contributed by atoms with Gasteiger partial charge in [-0.15, -0.1) is 0 Å². The number of rotatable bonds is 4. The molecule has 5 heteroatoms. The minimum atomic E-state index is -1.00. The van der Waals surface area contributed by atoms with E-state index in [1.165, 1.54) is 6.26 Å². The fourth-order valence-corrected chi connectivity index (χ4v) is 0.809. The van der Waals surface area contributed by atoms with Crippen molar-refractivity contribution in [3.05, 3.63) is 17.8 Å². The molecule has 0 unspecified atom stereocenters. The standard InChI is InChI=1S/C8H9NO4/c1-5-4-13-8(9-5)6(10)2-3-7(11)12/h4H,2-3H2,1H3,(H,11,12). The van der Waals surface area contributed by atoms with Crippen molar-refractivity contribution in [3.8, 4) is 0 Å². The molecule has 0 saturated heterocycles. The van der Waals surface area contributed by atoms with Gasteiger partial charge in [0, 0.05) is 6.42 Å². The van der Waals surface area contributed by atoms with Crippen LogP contribution >= 0.6 is 0 Å². The fraction of sp³-hybridized carbons (Fsp3) is 0.375. The lowest BCUT2D eigenvalue weighted by molar-refractivity contribution is -0.136. The second-order valence-corrected chi connectivity index (χ2v) is 2.61. The molecule has 70 valence electrons. The third-order valence-electron chi connectivity index (χ3n) is 1.42. The van der Waals surface area contributed by atoms with Gasteiger partial charge in [-0.1, -0.05) is 0 Å². The van der Waals surface area contributed by atoms with Gasteiger partial charge in [0.2, 0.25) is 5.78 Å². The number of nitrogens with zero attached hydrogens (tertiary/aromatic N) is 1. The van der Waals surface area contributed by atoms with Crippen LogP contribution in [-0.4, -0.2) is 21.8 Å². The van der Waals surface area contributed by atoms with Crippen molar-refractivity contribution >= 4 is 11.8 Å². The van der Waals surface area contributed by atoms with E-state index in [-0.39, 0.29) is 24.5 Å². The van der Waals surface area contributed by atoms with E-state index in [0.717, 1.165) is 0 Å². The average Bonchev–Trinajstić information content (AvgIpc) is 2.47. The van der Waals surface area contributed by atoms with Gasteiger partial charge in [0.05, 0.1) is 12.1 Å².